The summed E-state index contributed by atoms with van der Waals surface area (Å²) in [5, 5.41) is 13.9. The predicted octanol–water partition coefficient (Wildman–Crippen LogP) is 4.41. The zero-order valence-corrected chi connectivity index (χ0v) is 21.2. The van der Waals surface area contributed by atoms with Crippen molar-refractivity contribution in [2.45, 2.75) is 45.3 Å². The second-order valence-electron chi connectivity index (χ2n) is 9.30. The smallest absolute Gasteiger partial charge is 0.263 e. The number of benzene rings is 2. The van der Waals surface area contributed by atoms with Gasteiger partial charge < -0.3 is 20.1 Å². The van der Waals surface area contributed by atoms with Gasteiger partial charge in [-0.3, -0.25) is 4.79 Å². The fourth-order valence-corrected chi connectivity index (χ4v) is 6.53. The molecule has 3 aromatic rings. The van der Waals surface area contributed by atoms with Gasteiger partial charge in [0.2, 0.25) is 0 Å². The van der Waals surface area contributed by atoms with Gasteiger partial charge in [0.25, 0.3) is 5.91 Å². The maximum absolute atomic E-state index is 14.1. The normalized spacial score (nSPS) is 19.0. The minimum absolute atomic E-state index is 0.0844. The van der Waals surface area contributed by atoms with Gasteiger partial charge in [-0.15, -0.1) is 0 Å². The third-order valence-electron chi connectivity index (χ3n) is 6.49. The predicted molar refractivity (Wildman–Crippen MR) is 140 cm³/mol. The maximum Gasteiger partial charge on any atom is 0.263 e. The molecule has 2 N–H and O–H groups in total. The third-order valence-corrected chi connectivity index (χ3v) is 8.48. The molecule has 0 aliphatic carbocycles. The molecule has 2 aromatic carbocycles. The van der Waals surface area contributed by atoms with Crippen molar-refractivity contribution in [3.63, 3.8) is 0 Å². The highest BCUT2D eigenvalue weighted by Gasteiger charge is 2.29. The zero-order chi connectivity index (χ0) is 25.2. The van der Waals surface area contributed by atoms with E-state index < -0.39 is 18.0 Å². The van der Waals surface area contributed by atoms with Crippen LogP contribution < -0.4 is 10.1 Å². The van der Waals surface area contributed by atoms with Gasteiger partial charge in [0.15, 0.2) is 6.10 Å². The molecule has 0 bridgehead atoms. The van der Waals surface area contributed by atoms with Crippen LogP contribution in [-0.2, 0) is 15.5 Å². The number of aliphatic hydroxyl groups excluding tert-OH is 1. The number of halogens is 1. The number of carbonyl (C=O) groups is 1. The average Bonchev–Trinajstić information content (AvgIpc) is 3.52. The van der Waals surface area contributed by atoms with Gasteiger partial charge in [0.1, 0.15) is 23.7 Å². The average molecular weight is 512 g/mol. The van der Waals surface area contributed by atoms with Crippen molar-refractivity contribution in [2.75, 3.05) is 29.9 Å². The number of carbonyl (C=O) groups excluding carboxylic acids is 1. The highest BCUT2D eigenvalue weighted by Crippen LogP contribution is 2.34. The molecule has 1 unspecified atom stereocenters. The molecule has 1 amide bonds. The third kappa shape index (κ3) is 5.34. The number of aromatic nitrogens is 2. The molecule has 0 spiro atoms. The van der Waals surface area contributed by atoms with E-state index in [1.165, 1.54) is 31.3 Å². The Bertz CT molecular complexity index is 1330. The fourth-order valence-electron chi connectivity index (χ4n) is 4.66. The SMILES string of the molecule is Cc1cc(N=S2CCCC2)cc2ncnc(Nc3ccc(F)cc3O[C@H](C)C(=O)N3CCC(O)C3)c12. The molecule has 2 aliphatic heterocycles. The van der Waals surface area contributed by atoms with Crippen LogP contribution in [0.1, 0.15) is 31.7 Å². The fraction of sp³-hybridized carbons (Fsp3) is 0.423. The Morgan fingerprint density at radius 2 is 2.08 bits per heavy atom. The summed E-state index contributed by atoms with van der Waals surface area (Å²) in [6.45, 7) is 4.38. The number of rotatable bonds is 6. The molecular weight excluding hydrogens is 481 g/mol. The Labute approximate surface area is 212 Å². The first kappa shape index (κ1) is 24.6. The largest absolute Gasteiger partial charge is 0.479 e. The summed E-state index contributed by atoms with van der Waals surface area (Å²) >= 11 is 0. The molecule has 0 radical (unpaired) electrons. The molecule has 0 saturated carbocycles. The van der Waals surface area contributed by atoms with Crippen molar-refractivity contribution in [3.05, 3.63) is 48.0 Å². The van der Waals surface area contributed by atoms with E-state index in [4.69, 9.17) is 9.10 Å². The number of anilines is 2. The highest BCUT2D eigenvalue weighted by atomic mass is 32.2. The quantitative estimate of drug-likeness (QED) is 0.509. The van der Waals surface area contributed by atoms with Gasteiger partial charge >= 0.3 is 0 Å². The number of nitrogens with one attached hydrogen (secondary N) is 1. The van der Waals surface area contributed by atoms with Crippen molar-refractivity contribution in [1.82, 2.24) is 14.9 Å². The van der Waals surface area contributed by atoms with Gasteiger partial charge in [0, 0.05) is 36.0 Å². The Balaban J connectivity index is 1.42. The van der Waals surface area contributed by atoms with E-state index >= 15 is 0 Å². The molecule has 8 nitrogen and oxygen atoms in total. The second-order valence-corrected chi connectivity index (χ2v) is 11.2. The molecule has 10 heteroatoms. The van der Waals surface area contributed by atoms with Crippen LogP contribution in [0.4, 0.5) is 21.6 Å². The molecule has 2 atom stereocenters. The molecule has 5 rings (SSSR count). The molecule has 36 heavy (non-hydrogen) atoms. The number of hydrogen-bond donors (Lipinski definition) is 2. The number of aliphatic hydroxyl groups is 1. The first-order valence-corrected chi connectivity index (χ1v) is 13.7. The first-order chi connectivity index (χ1) is 17.4. The summed E-state index contributed by atoms with van der Waals surface area (Å²) in [5.74, 6) is 2.35. The van der Waals surface area contributed by atoms with Gasteiger partial charge in [-0.05, 0) is 62.9 Å². The van der Waals surface area contributed by atoms with Crippen molar-refractivity contribution < 1.29 is 19.0 Å². The zero-order valence-electron chi connectivity index (χ0n) is 20.4. The molecule has 2 saturated heterocycles. The van der Waals surface area contributed by atoms with E-state index in [0.717, 1.165) is 33.7 Å². The number of β-amino-alcohol motifs (C(OH)–C–C–N with tert-alkyl or cyclic N) is 1. The van der Waals surface area contributed by atoms with E-state index in [0.29, 0.717) is 24.5 Å². The molecule has 3 heterocycles. The number of likely N-dealkylation sites (tertiary alicyclic amines) is 1. The van der Waals surface area contributed by atoms with Crippen LogP contribution in [-0.4, -0.2) is 62.7 Å². The topological polar surface area (TPSA) is 99.9 Å². The molecule has 2 fully saturated rings. The van der Waals surface area contributed by atoms with Gasteiger partial charge in [-0.25, -0.2) is 18.7 Å². The van der Waals surface area contributed by atoms with Crippen LogP contribution in [0, 0.1) is 12.7 Å². The Morgan fingerprint density at radius 3 is 2.83 bits per heavy atom. The van der Waals surface area contributed by atoms with E-state index in [1.807, 2.05) is 13.0 Å². The monoisotopic (exact) mass is 511 g/mol. The maximum atomic E-state index is 14.1. The highest BCUT2D eigenvalue weighted by molar-refractivity contribution is 7.87. The van der Waals surface area contributed by atoms with Crippen LogP contribution in [0.25, 0.3) is 10.9 Å². The summed E-state index contributed by atoms with van der Waals surface area (Å²) < 4.78 is 25.0. The summed E-state index contributed by atoms with van der Waals surface area (Å²) in [6, 6.07) is 8.17. The molecule has 1 aromatic heterocycles. The number of fused-ring (bicyclic) bond motifs is 1. The van der Waals surface area contributed by atoms with Gasteiger partial charge in [-0.1, -0.05) is 10.7 Å². The van der Waals surface area contributed by atoms with E-state index in [9.17, 15) is 14.3 Å². The van der Waals surface area contributed by atoms with Crippen LogP contribution in [0.3, 0.4) is 0 Å². The Hall–Kier alpha value is -3.11. The van der Waals surface area contributed by atoms with E-state index in [2.05, 4.69) is 21.4 Å². The first-order valence-electron chi connectivity index (χ1n) is 12.2. The lowest BCUT2D eigenvalue weighted by Crippen LogP contribution is -2.39. The van der Waals surface area contributed by atoms with Gasteiger partial charge in [0.05, 0.1) is 23.0 Å². The van der Waals surface area contributed by atoms with Crippen molar-refractivity contribution >= 4 is 44.7 Å². The Morgan fingerprint density at radius 1 is 1.28 bits per heavy atom. The minimum Gasteiger partial charge on any atom is -0.479 e. The summed E-state index contributed by atoms with van der Waals surface area (Å²) in [7, 11) is 0.0844. The number of hydrogen-bond acceptors (Lipinski definition) is 7. The second kappa shape index (κ2) is 10.5. The van der Waals surface area contributed by atoms with Crippen LogP contribution in [0.5, 0.6) is 5.75 Å². The van der Waals surface area contributed by atoms with Crippen molar-refractivity contribution in [3.8, 4) is 5.75 Å². The molecule has 2 aliphatic rings. The number of amides is 1. The lowest BCUT2D eigenvalue weighted by atomic mass is 10.1. The van der Waals surface area contributed by atoms with E-state index in [1.54, 1.807) is 17.9 Å². The standard InChI is InChI=1S/C26H30FN5O3S/c1-16-11-19(31-36-9-3-4-10-36)13-22-24(16)25(29-15-28-22)30-21-6-5-18(27)12-23(21)35-17(2)26(34)32-8-7-20(33)14-32/h5-6,11-13,15,17,20,33H,3-4,7-10,14H2,1-2H3,(H,28,29,30)/t17-,20?/m1/s1. The van der Waals surface area contributed by atoms with E-state index in [-0.39, 0.29) is 28.9 Å². The number of aryl methyl sites for hydroxylation is 1. The number of nitrogens with zero attached hydrogens (tertiary/aromatic N) is 4. The van der Waals surface area contributed by atoms with Crippen LogP contribution in [0.2, 0.25) is 0 Å². The lowest BCUT2D eigenvalue weighted by Gasteiger charge is -2.23. The van der Waals surface area contributed by atoms with Gasteiger partial charge in [-0.2, -0.15) is 0 Å². The lowest BCUT2D eigenvalue weighted by molar-refractivity contribution is -0.137. The van der Waals surface area contributed by atoms with Crippen molar-refractivity contribution in [1.29, 1.82) is 0 Å². The molecular formula is C26H30FN5O3S. The van der Waals surface area contributed by atoms with Crippen molar-refractivity contribution in [2.24, 2.45) is 4.36 Å². The summed E-state index contributed by atoms with van der Waals surface area (Å²) in [6.07, 6.45) is 3.14. The van der Waals surface area contributed by atoms with Crippen LogP contribution >= 0.6 is 0 Å². The Kier molecular flexibility index (Phi) is 7.15. The number of ether oxygens (including phenoxy) is 1. The molecule has 190 valence electrons. The summed E-state index contributed by atoms with van der Waals surface area (Å²) in [4.78, 5) is 23.2. The summed E-state index contributed by atoms with van der Waals surface area (Å²) in [5.41, 5.74) is 3.17. The minimum atomic E-state index is -0.845. The van der Waals surface area contributed by atoms with Crippen LogP contribution in [0.15, 0.2) is 41.0 Å².